The first-order chi connectivity index (χ1) is 14.5. The molecule has 30 heavy (non-hydrogen) atoms. The summed E-state index contributed by atoms with van der Waals surface area (Å²) >= 11 is 3.37. The molecule has 7 heteroatoms. The number of hydrogen-bond donors (Lipinski definition) is 1. The van der Waals surface area contributed by atoms with Crippen LogP contribution in [0, 0.1) is 5.92 Å². The number of hydroxylamine groups is 1. The second-order valence-corrected chi connectivity index (χ2v) is 8.16. The number of phenolic OH excluding ortho intramolecular Hbond substituents is 1. The Morgan fingerprint density at radius 2 is 1.57 bits per heavy atom. The molecule has 0 bridgehead atoms. The molecule has 0 saturated carbocycles. The van der Waals surface area contributed by atoms with Crippen LogP contribution >= 0.6 is 15.9 Å². The average Bonchev–Trinajstić information content (AvgIpc) is 3.26. The molecule has 0 unspecified atom stereocenters. The van der Waals surface area contributed by atoms with Crippen molar-refractivity contribution in [2.75, 3.05) is 9.96 Å². The highest BCUT2D eigenvalue weighted by Gasteiger charge is 2.60. The van der Waals surface area contributed by atoms with Gasteiger partial charge in [-0.25, -0.2) is 9.96 Å². The lowest BCUT2D eigenvalue weighted by Gasteiger charge is -2.28. The number of carbonyl (C=O) groups is 2. The summed E-state index contributed by atoms with van der Waals surface area (Å²) in [5.74, 6) is -1.36. The molecule has 2 aliphatic rings. The van der Waals surface area contributed by atoms with Gasteiger partial charge in [0.2, 0.25) is 5.91 Å². The fourth-order valence-electron chi connectivity index (χ4n) is 4.11. The number of phenols is 1. The second-order valence-electron chi connectivity index (χ2n) is 7.24. The third-order valence-electron chi connectivity index (χ3n) is 5.42. The predicted octanol–water partition coefficient (Wildman–Crippen LogP) is 4.21. The summed E-state index contributed by atoms with van der Waals surface area (Å²) in [6, 6.07) is 22.5. The van der Waals surface area contributed by atoms with Gasteiger partial charge in [-0.2, -0.15) is 0 Å². The van der Waals surface area contributed by atoms with Crippen LogP contribution in [-0.4, -0.2) is 23.0 Å². The van der Waals surface area contributed by atoms with Crippen LogP contribution in [0.2, 0.25) is 0 Å². The van der Waals surface area contributed by atoms with E-state index in [-0.39, 0.29) is 11.7 Å². The zero-order valence-electron chi connectivity index (χ0n) is 15.7. The summed E-state index contributed by atoms with van der Waals surface area (Å²) in [5, 5.41) is 11.6. The van der Waals surface area contributed by atoms with Crippen molar-refractivity contribution in [3.8, 4) is 5.75 Å². The first-order valence-electron chi connectivity index (χ1n) is 9.48. The van der Waals surface area contributed by atoms with Gasteiger partial charge in [0.05, 0.1) is 17.4 Å². The minimum atomic E-state index is -0.936. The van der Waals surface area contributed by atoms with Crippen LogP contribution in [-0.2, 0) is 14.4 Å². The molecule has 2 heterocycles. The number of anilines is 2. The maximum absolute atomic E-state index is 13.5. The van der Waals surface area contributed by atoms with Crippen LogP contribution in [0.25, 0.3) is 0 Å². The Hall–Kier alpha value is -3.16. The number of benzene rings is 3. The van der Waals surface area contributed by atoms with Crippen LogP contribution in [0.3, 0.4) is 0 Å². The lowest BCUT2D eigenvalue weighted by atomic mass is 9.90. The highest BCUT2D eigenvalue weighted by atomic mass is 79.9. The van der Waals surface area contributed by atoms with Crippen LogP contribution in [0.15, 0.2) is 83.3 Å². The molecule has 0 spiro atoms. The summed E-state index contributed by atoms with van der Waals surface area (Å²) in [6.07, 6.45) is -0.936. The Labute approximate surface area is 181 Å². The van der Waals surface area contributed by atoms with Crippen molar-refractivity contribution in [3.05, 3.63) is 88.9 Å². The molecule has 1 N–H and O–H groups in total. The fraction of sp³-hybridized carbons (Fsp3) is 0.130. The molecule has 2 fully saturated rings. The molecule has 2 aliphatic heterocycles. The van der Waals surface area contributed by atoms with E-state index < -0.39 is 24.0 Å². The SMILES string of the molecule is O=C1[C@H]2[C@@H](ON(c3ccccc3)[C@H]2c2cccc(O)c2)C(=O)N1c1ccc(Br)cc1. The highest BCUT2D eigenvalue weighted by molar-refractivity contribution is 9.10. The average molecular weight is 465 g/mol. The first-order valence-corrected chi connectivity index (χ1v) is 10.3. The quantitative estimate of drug-likeness (QED) is 0.588. The van der Waals surface area contributed by atoms with E-state index in [4.69, 9.17) is 4.84 Å². The number of imide groups is 1. The van der Waals surface area contributed by atoms with Crippen LogP contribution in [0.1, 0.15) is 11.6 Å². The molecular weight excluding hydrogens is 448 g/mol. The van der Waals surface area contributed by atoms with Gasteiger partial charge >= 0.3 is 0 Å². The van der Waals surface area contributed by atoms with E-state index in [0.717, 1.165) is 10.2 Å². The maximum atomic E-state index is 13.5. The summed E-state index contributed by atoms with van der Waals surface area (Å²) < 4.78 is 0.856. The monoisotopic (exact) mass is 464 g/mol. The Balaban J connectivity index is 1.59. The lowest BCUT2D eigenvalue weighted by Crippen LogP contribution is -2.37. The lowest BCUT2D eigenvalue weighted by molar-refractivity contribution is -0.126. The van der Waals surface area contributed by atoms with Gasteiger partial charge in [0.15, 0.2) is 6.10 Å². The standard InChI is InChI=1S/C23H17BrN2O4/c24-15-9-11-16(12-10-15)25-22(28)19-20(14-5-4-8-18(27)13-14)26(30-21(19)23(25)29)17-6-2-1-3-7-17/h1-13,19-21,27H/t19-,20+,21-/m1/s1. The number of fused-ring (bicyclic) bond motifs is 1. The van der Waals surface area contributed by atoms with Crippen molar-refractivity contribution in [2.24, 2.45) is 5.92 Å². The van der Waals surface area contributed by atoms with Crippen LogP contribution in [0.5, 0.6) is 5.75 Å². The normalized spacial score (nSPS) is 23.2. The van der Waals surface area contributed by atoms with E-state index >= 15 is 0 Å². The summed E-state index contributed by atoms with van der Waals surface area (Å²) in [7, 11) is 0. The first kappa shape index (κ1) is 18.8. The van der Waals surface area contributed by atoms with Crippen LogP contribution < -0.4 is 9.96 Å². The molecule has 3 aromatic rings. The van der Waals surface area contributed by atoms with Gasteiger partial charge in [0.25, 0.3) is 5.91 Å². The van der Waals surface area contributed by atoms with E-state index in [9.17, 15) is 14.7 Å². The highest BCUT2D eigenvalue weighted by Crippen LogP contribution is 2.47. The van der Waals surface area contributed by atoms with Crippen molar-refractivity contribution in [1.29, 1.82) is 0 Å². The third kappa shape index (κ3) is 2.98. The predicted molar refractivity (Wildman–Crippen MR) is 115 cm³/mol. The molecule has 0 aromatic heterocycles. The van der Waals surface area contributed by atoms with E-state index in [1.165, 1.54) is 4.90 Å². The minimum absolute atomic E-state index is 0.0884. The fourth-order valence-corrected chi connectivity index (χ4v) is 4.37. The van der Waals surface area contributed by atoms with Gasteiger partial charge < -0.3 is 5.11 Å². The van der Waals surface area contributed by atoms with Gasteiger partial charge in [-0.05, 0) is 54.1 Å². The molecule has 3 atom stereocenters. The smallest absolute Gasteiger partial charge is 0.266 e. The van der Waals surface area contributed by atoms with Crippen molar-refractivity contribution in [2.45, 2.75) is 12.1 Å². The molecular formula is C23H17BrN2O4. The molecule has 0 radical (unpaired) electrons. The van der Waals surface area contributed by atoms with Gasteiger partial charge in [-0.15, -0.1) is 0 Å². The van der Waals surface area contributed by atoms with Crippen molar-refractivity contribution in [3.63, 3.8) is 0 Å². The number of para-hydroxylation sites is 1. The molecule has 6 nitrogen and oxygen atoms in total. The van der Waals surface area contributed by atoms with E-state index in [2.05, 4.69) is 15.9 Å². The molecule has 0 aliphatic carbocycles. The molecule has 3 aromatic carbocycles. The molecule has 2 saturated heterocycles. The Morgan fingerprint density at radius 1 is 0.833 bits per heavy atom. The van der Waals surface area contributed by atoms with Crippen LogP contribution in [0.4, 0.5) is 11.4 Å². The largest absolute Gasteiger partial charge is 0.508 e. The number of rotatable bonds is 3. The Bertz CT molecular complexity index is 1120. The minimum Gasteiger partial charge on any atom is -0.508 e. The summed E-state index contributed by atoms with van der Waals surface area (Å²) in [5.41, 5.74) is 1.94. The molecule has 2 amide bonds. The van der Waals surface area contributed by atoms with Gasteiger partial charge in [0, 0.05) is 4.47 Å². The number of carbonyl (C=O) groups excluding carboxylic acids is 2. The third-order valence-corrected chi connectivity index (χ3v) is 5.95. The number of amides is 2. The molecule has 5 rings (SSSR count). The van der Waals surface area contributed by atoms with Gasteiger partial charge in [-0.3, -0.25) is 14.4 Å². The zero-order chi connectivity index (χ0) is 20.8. The number of halogens is 1. The maximum Gasteiger partial charge on any atom is 0.266 e. The van der Waals surface area contributed by atoms with Crippen molar-refractivity contribution < 1.29 is 19.5 Å². The number of nitrogens with zero attached hydrogens (tertiary/aromatic N) is 2. The Kier molecular flexibility index (Phi) is 4.56. The number of aromatic hydroxyl groups is 1. The summed E-state index contributed by atoms with van der Waals surface area (Å²) in [4.78, 5) is 33.9. The van der Waals surface area contributed by atoms with Crippen molar-refractivity contribution in [1.82, 2.24) is 0 Å². The van der Waals surface area contributed by atoms with E-state index in [1.54, 1.807) is 47.5 Å². The van der Waals surface area contributed by atoms with Gasteiger partial charge in [-0.1, -0.05) is 46.3 Å². The second kappa shape index (κ2) is 7.27. The summed E-state index contributed by atoms with van der Waals surface area (Å²) in [6.45, 7) is 0. The Morgan fingerprint density at radius 3 is 2.27 bits per heavy atom. The number of hydrogen-bond acceptors (Lipinski definition) is 5. The zero-order valence-corrected chi connectivity index (χ0v) is 17.3. The topological polar surface area (TPSA) is 70.1 Å². The van der Waals surface area contributed by atoms with Crippen molar-refractivity contribution >= 4 is 39.1 Å². The molecule has 150 valence electrons. The van der Waals surface area contributed by atoms with Gasteiger partial charge in [0.1, 0.15) is 11.7 Å². The van der Waals surface area contributed by atoms with E-state index in [0.29, 0.717) is 11.3 Å². The van der Waals surface area contributed by atoms with E-state index in [1.807, 2.05) is 36.4 Å².